The molecule has 1 heterocycles. The van der Waals surface area contributed by atoms with Crippen LogP contribution in [0.2, 0.25) is 5.02 Å². The normalized spacial score (nSPS) is 11.2. The smallest absolute Gasteiger partial charge is 0.212 e. The largest absolute Gasteiger partial charge is 0.504 e. The van der Waals surface area contributed by atoms with Crippen molar-refractivity contribution in [2.75, 3.05) is 7.11 Å². The molecule has 0 aliphatic heterocycles. The molecule has 2 aromatic carbocycles. The van der Waals surface area contributed by atoms with Gasteiger partial charge in [-0.3, -0.25) is 0 Å². The molecule has 0 bridgehead atoms. The van der Waals surface area contributed by atoms with Gasteiger partial charge >= 0.3 is 0 Å². The summed E-state index contributed by atoms with van der Waals surface area (Å²) in [5.74, 6) is 1.95. The van der Waals surface area contributed by atoms with Crippen LogP contribution < -0.4 is 4.74 Å². The van der Waals surface area contributed by atoms with Gasteiger partial charge in [0, 0.05) is 22.8 Å². The standard InChI is InChI=1S/C20H21ClN4O2S/c1-3-5-18-23-24-20(28-13-14-8-10-16(21)11-9-14)25(18)22-12-15-6-4-7-17(27-2)19(15)26/h4,6-12,26H,3,5,13H2,1-2H3/b22-12+. The zero-order valence-electron chi connectivity index (χ0n) is 15.7. The number of thioether (sulfide) groups is 1. The summed E-state index contributed by atoms with van der Waals surface area (Å²) in [5.41, 5.74) is 1.69. The predicted octanol–water partition coefficient (Wildman–Crippen LogP) is 4.77. The van der Waals surface area contributed by atoms with Gasteiger partial charge in [0.25, 0.3) is 0 Å². The number of halogens is 1. The van der Waals surface area contributed by atoms with Crippen LogP contribution in [0.1, 0.15) is 30.3 Å². The minimum atomic E-state index is 0.0502. The van der Waals surface area contributed by atoms with Gasteiger partial charge in [-0.1, -0.05) is 48.5 Å². The van der Waals surface area contributed by atoms with Gasteiger partial charge in [-0.05, 0) is 36.2 Å². The molecule has 0 spiro atoms. The van der Waals surface area contributed by atoms with Crippen LogP contribution in [0.3, 0.4) is 0 Å². The number of aryl methyl sites for hydroxylation is 1. The lowest BCUT2D eigenvalue weighted by Gasteiger charge is -2.06. The molecule has 0 radical (unpaired) electrons. The van der Waals surface area contributed by atoms with Gasteiger partial charge in [0.2, 0.25) is 5.16 Å². The van der Waals surface area contributed by atoms with Crippen molar-refractivity contribution in [3.05, 3.63) is 64.4 Å². The molecule has 3 rings (SSSR count). The maximum Gasteiger partial charge on any atom is 0.212 e. The molecule has 0 amide bonds. The van der Waals surface area contributed by atoms with E-state index < -0.39 is 0 Å². The number of ether oxygens (including phenoxy) is 1. The van der Waals surface area contributed by atoms with E-state index in [0.717, 1.165) is 30.0 Å². The van der Waals surface area contributed by atoms with Crippen molar-refractivity contribution in [2.24, 2.45) is 5.10 Å². The molecule has 0 saturated carbocycles. The van der Waals surface area contributed by atoms with Crippen molar-refractivity contribution < 1.29 is 9.84 Å². The second-order valence-corrected chi connectivity index (χ2v) is 7.40. The molecule has 0 aliphatic rings. The number of methoxy groups -OCH3 is 1. The topological polar surface area (TPSA) is 72.5 Å². The van der Waals surface area contributed by atoms with Crippen LogP contribution in [0, 0.1) is 0 Å². The highest BCUT2D eigenvalue weighted by atomic mass is 35.5. The van der Waals surface area contributed by atoms with Gasteiger partial charge in [-0.15, -0.1) is 10.2 Å². The molecule has 1 N–H and O–H groups in total. The van der Waals surface area contributed by atoms with E-state index in [4.69, 9.17) is 16.3 Å². The van der Waals surface area contributed by atoms with Gasteiger partial charge in [0.15, 0.2) is 17.3 Å². The molecule has 0 saturated heterocycles. The Morgan fingerprint density at radius 1 is 1.21 bits per heavy atom. The van der Waals surface area contributed by atoms with E-state index in [2.05, 4.69) is 22.2 Å². The number of phenols is 1. The molecule has 0 unspecified atom stereocenters. The van der Waals surface area contributed by atoms with Crippen LogP contribution in [0.4, 0.5) is 0 Å². The van der Waals surface area contributed by atoms with Crippen LogP contribution in [-0.4, -0.2) is 33.3 Å². The number of phenolic OH excluding ortho intramolecular Hbond substituents is 1. The number of aromatic nitrogens is 3. The van der Waals surface area contributed by atoms with Gasteiger partial charge in [-0.25, -0.2) is 0 Å². The second kappa shape index (κ2) is 9.61. The van der Waals surface area contributed by atoms with Crippen LogP contribution in [0.25, 0.3) is 0 Å². The highest BCUT2D eigenvalue weighted by Gasteiger charge is 2.12. The first-order valence-electron chi connectivity index (χ1n) is 8.84. The fourth-order valence-corrected chi connectivity index (χ4v) is 3.53. The highest BCUT2D eigenvalue weighted by molar-refractivity contribution is 7.98. The molecule has 8 heteroatoms. The Bertz CT molecular complexity index is 957. The Labute approximate surface area is 173 Å². The molecule has 0 atom stereocenters. The monoisotopic (exact) mass is 416 g/mol. The zero-order valence-corrected chi connectivity index (χ0v) is 17.2. The molecule has 6 nitrogen and oxygen atoms in total. The summed E-state index contributed by atoms with van der Waals surface area (Å²) in [4.78, 5) is 0. The Hall–Kier alpha value is -2.51. The highest BCUT2D eigenvalue weighted by Crippen LogP contribution is 2.28. The van der Waals surface area contributed by atoms with Crippen molar-refractivity contribution in [1.82, 2.24) is 14.9 Å². The van der Waals surface area contributed by atoms with Gasteiger partial charge in [0.1, 0.15) is 0 Å². The molecule has 28 heavy (non-hydrogen) atoms. The summed E-state index contributed by atoms with van der Waals surface area (Å²) in [6.07, 6.45) is 3.28. The van der Waals surface area contributed by atoms with Crippen molar-refractivity contribution in [2.45, 2.75) is 30.7 Å². The first kappa shape index (κ1) is 20.2. The molecule has 0 aliphatic carbocycles. The minimum Gasteiger partial charge on any atom is -0.504 e. The van der Waals surface area contributed by atoms with Crippen LogP contribution in [-0.2, 0) is 12.2 Å². The number of para-hydroxylation sites is 1. The van der Waals surface area contributed by atoms with Crippen molar-refractivity contribution >= 4 is 29.6 Å². The number of nitrogens with zero attached hydrogens (tertiary/aromatic N) is 4. The van der Waals surface area contributed by atoms with Gasteiger partial charge < -0.3 is 9.84 Å². The molecule has 146 valence electrons. The summed E-state index contributed by atoms with van der Waals surface area (Å²) in [6.45, 7) is 2.08. The maximum atomic E-state index is 10.3. The van der Waals surface area contributed by atoms with E-state index >= 15 is 0 Å². The number of rotatable bonds is 8. The van der Waals surface area contributed by atoms with Gasteiger partial charge in [-0.2, -0.15) is 9.78 Å². The van der Waals surface area contributed by atoms with E-state index in [-0.39, 0.29) is 5.75 Å². The summed E-state index contributed by atoms with van der Waals surface area (Å²) >= 11 is 7.49. The van der Waals surface area contributed by atoms with E-state index in [1.165, 1.54) is 7.11 Å². The average Bonchev–Trinajstić information content (AvgIpc) is 3.08. The maximum absolute atomic E-state index is 10.3. The van der Waals surface area contributed by atoms with E-state index in [9.17, 15) is 5.11 Å². The average molecular weight is 417 g/mol. The SMILES string of the molecule is CCCc1nnc(SCc2ccc(Cl)cc2)n1/N=C/c1cccc(OC)c1O. The second-order valence-electron chi connectivity index (χ2n) is 6.02. The third-order valence-corrected chi connectivity index (χ3v) is 5.24. The van der Waals surface area contributed by atoms with Crippen molar-refractivity contribution in [3.8, 4) is 11.5 Å². The Kier molecular flexibility index (Phi) is 6.95. The van der Waals surface area contributed by atoms with Crippen LogP contribution in [0.5, 0.6) is 11.5 Å². The minimum absolute atomic E-state index is 0.0502. The first-order chi connectivity index (χ1) is 13.6. The fraction of sp³-hybridized carbons (Fsp3) is 0.250. The van der Waals surface area contributed by atoms with Crippen molar-refractivity contribution in [3.63, 3.8) is 0 Å². The molecule has 1 aromatic heterocycles. The van der Waals surface area contributed by atoms with Crippen molar-refractivity contribution in [1.29, 1.82) is 0 Å². The zero-order chi connectivity index (χ0) is 19.9. The lowest BCUT2D eigenvalue weighted by molar-refractivity contribution is 0.373. The fourth-order valence-electron chi connectivity index (χ4n) is 2.54. The molecular formula is C20H21ClN4O2S. The molecule has 3 aromatic rings. The Morgan fingerprint density at radius 2 is 2.00 bits per heavy atom. The summed E-state index contributed by atoms with van der Waals surface area (Å²) in [7, 11) is 1.51. The lowest BCUT2D eigenvalue weighted by Crippen LogP contribution is -2.00. The third kappa shape index (κ3) is 4.85. The third-order valence-electron chi connectivity index (χ3n) is 3.99. The summed E-state index contributed by atoms with van der Waals surface area (Å²) in [6, 6.07) is 13.0. The van der Waals surface area contributed by atoms with Crippen LogP contribution >= 0.6 is 23.4 Å². The Morgan fingerprint density at radius 3 is 2.71 bits per heavy atom. The van der Waals surface area contributed by atoms with Gasteiger partial charge in [0.05, 0.1) is 13.3 Å². The van der Waals surface area contributed by atoms with Crippen LogP contribution in [0.15, 0.2) is 52.7 Å². The predicted molar refractivity (Wildman–Crippen MR) is 113 cm³/mol. The first-order valence-corrected chi connectivity index (χ1v) is 10.2. The number of hydrogen-bond acceptors (Lipinski definition) is 6. The summed E-state index contributed by atoms with van der Waals surface area (Å²) < 4.78 is 6.87. The van der Waals surface area contributed by atoms with E-state index in [0.29, 0.717) is 21.5 Å². The summed E-state index contributed by atoms with van der Waals surface area (Å²) in [5, 5.41) is 24.7. The van der Waals surface area contributed by atoms with E-state index in [1.54, 1.807) is 40.9 Å². The quantitative estimate of drug-likeness (QED) is 0.423. The number of hydrogen-bond donors (Lipinski definition) is 1. The van der Waals surface area contributed by atoms with E-state index in [1.807, 2.05) is 24.3 Å². The number of benzene rings is 2. The molecular weight excluding hydrogens is 396 g/mol. The number of aromatic hydroxyl groups is 1. The Balaban J connectivity index is 1.84. The lowest BCUT2D eigenvalue weighted by atomic mass is 10.2. The molecule has 0 fully saturated rings.